The normalized spacial score (nSPS) is 11.3. The third kappa shape index (κ3) is 4.68. The van der Waals surface area contributed by atoms with Crippen LogP contribution in [0.3, 0.4) is 0 Å². The molecular weight excluding hydrogens is 441 g/mol. The molecule has 0 spiro atoms. The molecular formula is C16H18IN3O3S. The van der Waals surface area contributed by atoms with E-state index in [-0.39, 0.29) is 17.3 Å². The van der Waals surface area contributed by atoms with Gasteiger partial charge in [0.15, 0.2) is 0 Å². The highest BCUT2D eigenvalue weighted by atomic mass is 127. The first-order chi connectivity index (χ1) is 11.3. The maximum atomic E-state index is 12.1. The minimum Gasteiger partial charge on any atom is -0.375 e. The largest absolute Gasteiger partial charge is 0.375 e. The van der Waals surface area contributed by atoms with Crippen LogP contribution in [0.5, 0.6) is 0 Å². The smallest absolute Gasteiger partial charge is 0.243 e. The zero-order valence-electron chi connectivity index (χ0n) is 13.3. The van der Waals surface area contributed by atoms with Crippen molar-refractivity contribution in [3.05, 3.63) is 52.1 Å². The number of anilines is 2. The Balaban J connectivity index is 2.04. The maximum absolute atomic E-state index is 12.1. The number of nitrogens with one attached hydrogen (secondary N) is 2. The van der Waals surface area contributed by atoms with Crippen molar-refractivity contribution in [2.24, 2.45) is 0 Å². The molecule has 6 nitrogen and oxygen atoms in total. The van der Waals surface area contributed by atoms with Crippen molar-refractivity contribution in [2.75, 3.05) is 31.3 Å². The molecule has 24 heavy (non-hydrogen) atoms. The van der Waals surface area contributed by atoms with Gasteiger partial charge in [-0.2, -0.15) is 0 Å². The molecule has 0 aliphatic carbocycles. The van der Waals surface area contributed by atoms with E-state index in [4.69, 9.17) is 0 Å². The van der Waals surface area contributed by atoms with E-state index in [1.54, 1.807) is 12.1 Å². The van der Waals surface area contributed by atoms with E-state index < -0.39 is 10.0 Å². The third-order valence-corrected chi connectivity index (χ3v) is 5.96. The van der Waals surface area contributed by atoms with Gasteiger partial charge in [-0.25, -0.2) is 12.7 Å². The summed E-state index contributed by atoms with van der Waals surface area (Å²) in [6.07, 6.45) is 0. The lowest BCUT2D eigenvalue weighted by Gasteiger charge is -2.13. The van der Waals surface area contributed by atoms with Crippen LogP contribution in [-0.4, -0.2) is 39.3 Å². The van der Waals surface area contributed by atoms with Crippen LogP contribution in [0.25, 0.3) is 0 Å². The van der Waals surface area contributed by atoms with Gasteiger partial charge in [-0.15, -0.1) is 0 Å². The molecule has 0 heterocycles. The van der Waals surface area contributed by atoms with Gasteiger partial charge in [-0.3, -0.25) is 4.79 Å². The number of halogens is 1. The first-order valence-electron chi connectivity index (χ1n) is 7.11. The predicted molar refractivity (Wildman–Crippen MR) is 104 cm³/mol. The van der Waals surface area contributed by atoms with Crippen LogP contribution in [0.15, 0.2) is 53.4 Å². The Morgan fingerprint density at radius 1 is 1.12 bits per heavy atom. The molecule has 2 aromatic carbocycles. The highest BCUT2D eigenvalue weighted by Gasteiger charge is 2.17. The summed E-state index contributed by atoms with van der Waals surface area (Å²) in [7, 11) is -0.602. The highest BCUT2D eigenvalue weighted by Crippen LogP contribution is 2.19. The molecule has 0 bridgehead atoms. The molecule has 0 unspecified atom stereocenters. The van der Waals surface area contributed by atoms with Crippen molar-refractivity contribution in [1.82, 2.24) is 4.31 Å². The van der Waals surface area contributed by atoms with Crippen molar-refractivity contribution in [3.8, 4) is 0 Å². The number of carbonyl (C=O) groups is 1. The summed E-state index contributed by atoms with van der Waals surface area (Å²) in [6.45, 7) is 0.0880. The third-order valence-electron chi connectivity index (χ3n) is 3.21. The fourth-order valence-electron chi connectivity index (χ4n) is 1.93. The van der Waals surface area contributed by atoms with Gasteiger partial charge in [0.25, 0.3) is 0 Å². The Morgan fingerprint density at radius 3 is 2.50 bits per heavy atom. The molecule has 0 aromatic heterocycles. The summed E-state index contributed by atoms with van der Waals surface area (Å²) in [6, 6.07) is 13.8. The van der Waals surface area contributed by atoms with Gasteiger partial charge in [0.1, 0.15) is 0 Å². The summed E-state index contributed by atoms with van der Waals surface area (Å²) in [5, 5.41) is 5.75. The van der Waals surface area contributed by atoms with E-state index in [1.165, 1.54) is 26.2 Å². The van der Waals surface area contributed by atoms with E-state index in [0.717, 1.165) is 13.6 Å². The van der Waals surface area contributed by atoms with Crippen LogP contribution in [-0.2, 0) is 14.8 Å². The van der Waals surface area contributed by atoms with Gasteiger partial charge in [0, 0.05) is 29.0 Å². The zero-order chi connectivity index (χ0) is 17.7. The number of amides is 1. The molecule has 128 valence electrons. The second-order valence-electron chi connectivity index (χ2n) is 5.20. The average Bonchev–Trinajstić information content (AvgIpc) is 2.54. The van der Waals surface area contributed by atoms with Crippen molar-refractivity contribution in [1.29, 1.82) is 0 Å². The van der Waals surface area contributed by atoms with Gasteiger partial charge >= 0.3 is 0 Å². The summed E-state index contributed by atoms with van der Waals surface area (Å²) in [5.74, 6) is -0.256. The number of carbonyl (C=O) groups excluding carboxylic acids is 1. The predicted octanol–water partition coefficient (Wildman–Crippen LogP) is 2.59. The fourth-order valence-corrected chi connectivity index (χ4v) is 3.46. The van der Waals surface area contributed by atoms with E-state index in [9.17, 15) is 13.2 Å². The Kier molecular flexibility index (Phi) is 6.19. The number of para-hydroxylation sites is 1. The molecule has 0 saturated heterocycles. The Hall–Kier alpha value is -1.65. The van der Waals surface area contributed by atoms with Crippen molar-refractivity contribution in [3.63, 3.8) is 0 Å². The number of rotatable bonds is 6. The van der Waals surface area contributed by atoms with Crippen LogP contribution in [0.4, 0.5) is 11.4 Å². The van der Waals surface area contributed by atoms with Crippen LogP contribution in [0.1, 0.15) is 0 Å². The SMILES string of the molecule is CN(C)S(=O)(=O)c1cccc(NC(=O)CNc2ccccc2I)c1. The van der Waals surface area contributed by atoms with E-state index in [1.807, 2.05) is 24.3 Å². The summed E-state index contributed by atoms with van der Waals surface area (Å²) in [4.78, 5) is 12.2. The second-order valence-corrected chi connectivity index (χ2v) is 8.51. The first-order valence-corrected chi connectivity index (χ1v) is 9.63. The monoisotopic (exact) mass is 459 g/mol. The van der Waals surface area contributed by atoms with E-state index in [2.05, 4.69) is 33.2 Å². The fraction of sp³-hybridized carbons (Fsp3) is 0.188. The van der Waals surface area contributed by atoms with Crippen LogP contribution < -0.4 is 10.6 Å². The van der Waals surface area contributed by atoms with Crippen LogP contribution in [0.2, 0.25) is 0 Å². The van der Waals surface area contributed by atoms with Gasteiger partial charge in [-0.1, -0.05) is 18.2 Å². The molecule has 1 amide bonds. The first kappa shape index (κ1) is 18.7. The van der Waals surface area contributed by atoms with Crippen LogP contribution in [0, 0.1) is 3.57 Å². The van der Waals surface area contributed by atoms with Gasteiger partial charge in [0.2, 0.25) is 15.9 Å². The lowest BCUT2D eigenvalue weighted by molar-refractivity contribution is -0.114. The van der Waals surface area contributed by atoms with Gasteiger partial charge in [-0.05, 0) is 52.9 Å². The maximum Gasteiger partial charge on any atom is 0.243 e. The number of nitrogens with zero attached hydrogens (tertiary/aromatic N) is 1. The number of hydrogen-bond acceptors (Lipinski definition) is 4. The minimum atomic E-state index is -3.53. The Morgan fingerprint density at radius 2 is 1.83 bits per heavy atom. The molecule has 2 N–H and O–H groups in total. The summed E-state index contributed by atoms with van der Waals surface area (Å²) < 4.78 is 26.4. The van der Waals surface area contributed by atoms with Crippen LogP contribution >= 0.6 is 22.6 Å². The highest BCUT2D eigenvalue weighted by molar-refractivity contribution is 14.1. The molecule has 0 atom stereocenters. The minimum absolute atomic E-state index is 0.0880. The average molecular weight is 459 g/mol. The number of sulfonamides is 1. The zero-order valence-corrected chi connectivity index (χ0v) is 16.3. The Labute approximate surface area is 155 Å². The van der Waals surface area contributed by atoms with Crippen molar-refractivity contribution in [2.45, 2.75) is 4.90 Å². The molecule has 0 aliphatic heterocycles. The number of hydrogen-bond donors (Lipinski definition) is 2. The van der Waals surface area contributed by atoms with E-state index >= 15 is 0 Å². The molecule has 0 aliphatic rings. The molecule has 8 heteroatoms. The molecule has 2 rings (SSSR count). The molecule has 0 fully saturated rings. The molecule has 0 saturated carbocycles. The summed E-state index contributed by atoms with van der Waals surface area (Å²) >= 11 is 2.18. The van der Waals surface area contributed by atoms with Gasteiger partial charge < -0.3 is 10.6 Å². The lowest BCUT2D eigenvalue weighted by atomic mass is 10.3. The molecule has 0 radical (unpaired) electrons. The standard InChI is InChI=1S/C16H18IN3O3S/c1-20(2)24(22,23)13-7-5-6-12(10-13)19-16(21)11-18-15-9-4-3-8-14(15)17/h3-10,18H,11H2,1-2H3,(H,19,21). The quantitative estimate of drug-likeness (QED) is 0.652. The Bertz CT molecular complexity index is 838. The van der Waals surface area contributed by atoms with Crippen molar-refractivity contribution >= 4 is 49.9 Å². The topological polar surface area (TPSA) is 78.5 Å². The van der Waals surface area contributed by atoms with E-state index in [0.29, 0.717) is 5.69 Å². The van der Waals surface area contributed by atoms with Gasteiger partial charge in [0.05, 0.1) is 11.4 Å². The molecule has 2 aromatic rings. The van der Waals surface area contributed by atoms with Crippen molar-refractivity contribution < 1.29 is 13.2 Å². The second kappa shape index (κ2) is 7.95. The lowest BCUT2D eigenvalue weighted by Crippen LogP contribution is -2.24. The number of benzene rings is 2. The summed E-state index contributed by atoms with van der Waals surface area (Å²) in [5.41, 5.74) is 1.31.